The van der Waals surface area contributed by atoms with Crippen molar-refractivity contribution in [2.75, 3.05) is 7.11 Å². The van der Waals surface area contributed by atoms with Crippen LogP contribution in [0.1, 0.15) is 12.5 Å². The molecule has 2 nitrogen and oxygen atoms in total. The van der Waals surface area contributed by atoms with Crippen molar-refractivity contribution >= 4 is 0 Å². The predicted octanol–water partition coefficient (Wildman–Crippen LogP) is 2.51. The maximum absolute atomic E-state index is 12.8. The standard InChI is InChI=1S/C9H10F2O2/c1-9(10,11)6-3-4-7(12)8(5-6)13-2/h3-5,12H,1-2H3. The number of halogens is 2. The summed E-state index contributed by atoms with van der Waals surface area (Å²) in [7, 11) is 1.31. The van der Waals surface area contributed by atoms with Gasteiger partial charge in [0.25, 0.3) is 5.92 Å². The lowest BCUT2D eigenvalue weighted by Crippen LogP contribution is -2.06. The lowest BCUT2D eigenvalue weighted by atomic mass is 10.1. The monoisotopic (exact) mass is 188 g/mol. The highest BCUT2D eigenvalue weighted by molar-refractivity contribution is 5.42. The van der Waals surface area contributed by atoms with Gasteiger partial charge in [0.1, 0.15) is 0 Å². The number of phenols is 1. The third-order valence-electron chi connectivity index (χ3n) is 1.69. The number of alkyl halides is 2. The number of hydrogen-bond acceptors (Lipinski definition) is 2. The largest absolute Gasteiger partial charge is 0.504 e. The second kappa shape index (κ2) is 3.20. The van der Waals surface area contributed by atoms with Crippen LogP contribution in [0.4, 0.5) is 8.78 Å². The van der Waals surface area contributed by atoms with E-state index in [0.717, 1.165) is 19.1 Å². The van der Waals surface area contributed by atoms with Gasteiger partial charge in [-0.1, -0.05) is 0 Å². The zero-order valence-electron chi connectivity index (χ0n) is 7.34. The zero-order chi connectivity index (χ0) is 10.1. The second-order valence-corrected chi connectivity index (χ2v) is 2.78. The van der Waals surface area contributed by atoms with Crippen molar-refractivity contribution in [2.24, 2.45) is 0 Å². The molecular weight excluding hydrogens is 178 g/mol. The number of rotatable bonds is 2. The summed E-state index contributed by atoms with van der Waals surface area (Å²) in [6.07, 6.45) is 0. The van der Waals surface area contributed by atoms with Crippen molar-refractivity contribution in [1.29, 1.82) is 0 Å². The zero-order valence-corrected chi connectivity index (χ0v) is 7.34. The van der Waals surface area contributed by atoms with Crippen LogP contribution in [0.2, 0.25) is 0 Å². The molecular formula is C9H10F2O2. The van der Waals surface area contributed by atoms with Gasteiger partial charge in [0.2, 0.25) is 0 Å². The molecule has 0 amide bonds. The van der Waals surface area contributed by atoms with Crippen LogP contribution in [-0.2, 0) is 5.92 Å². The van der Waals surface area contributed by atoms with Crippen LogP contribution in [0.25, 0.3) is 0 Å². The Kier molecular flexibility index (Phi) is 2.40. The summed E-state index contributed by atoms with van der Waals surface area (Å²) in [5, 5.41) is 9.13. The second-order valence-electron chi connectivity index (χ2n) is 2.78. The Hall–Kier alpha value is -1.32. The average molecular weight is 188 g/mol. The van der Waals surface area contributed by atoms with Crippen molar-refractivity contribution in [3.8, 4) is 11.5 Å². The van der Waals surface area contributed by atoms with Crippen LogP contribution < -0.4 is 4.74 Å². The van der Waals surface area contributed by atoms with Crippen LogP contribution in [0.5, 0.6) is 11.5 Å². The summed E-state index contributed by atoms with van der Waals surface area (Å²) in [6, 6.07) is 3.47. The van der Waals surface area contributed by atoms with Gasteiger partial charge in [-0.3, -0.25) is 0 Å². The first-order chi connectivity index (χ1) is 5.95. The lowest BCUT2D eigenvalue weighted by Gasteiger charge is -2.12. The van der Waals surface area contributed by atoms with Crippen LogP contribution in [0.15, 0.2) is 18.2 Å². The van der Waals surface area contributed by atoms with Crippen molar-refractivity contribution in [2.45, 2.75) is 12.8 Å². The number of aromatic hydroxyl groups is 1. The van der Waals surface area contributed by atoms with Crippen molar-refractivity contribution in [3.63, 3.8) is 0 Å². The normalized spacial score (nSPS) is 11.4. The van der Waals surface area contributed by atoms with E-state index < -0.39 is 5.92 Å². The predicted molar refractivity (Wildman–Crippen MR) is 44.2 cm³/mol. The molecule has 0 aromatic heterocycles. The van der Waals surface area contributed by atoms with Gasteiger partial charge in [0.05, 0.1) is 7.11 Å². The molecule has 0 saturated carbocycles. The third kappa shape index (κ3) is 2.08. The molecule has 1 aromatic rings. The Morgan fingerprint density at radius 3 is 2.46 bits per heavy atom. The van der Waals surface area contributed by atoms with Gasteiger partial charge in [-0.15, -0.1) is 0 Å². The van der Waals surface area contributed by atoms with E-state index in [-0.39, 0.29) is 17.1 Å². The summed E-state index contributed by atoms with van der Waals surface area (Å²) in [5.41, 5.74) is -0.179. The summed E-state index contributed by atoms with van der Waals surface area (Å²) in [5.74, 6) is -3.00. The van der Waals surface area contributed by atoms with Crippen LogP contribution in [0, 0.1) is 0 Å². The van der Waals surface area contributed by atoms with Crippen molar-refractivity contribution in [1.82, 2.24) is 0 Å². The van der Waals surface area contributed by atoms with E-state index in [1.54, 1.807) is 0 Å². The Bertz CT molecular complexity index is 305. The van der Waals surface area contributed by atoms with E-state index in [2.05, 4.69) is 0 Å². The van der Waals surface area contributed by atoms with Crippen molar-refractivity contribution in [3.05, 3.63) is 23.8 Å². The average Bonchev–Trinajstić information content (AvgIpc) is 2.03. The summed E-state index contributed by atoms with van der Waals surface area (Å²) in [4.78, 5) is 0. The summed E-state index contributed by atoms with van der Waals surface area (Å²) < 4.78 is 30.2. The van der Waals surface area contributed by atoms with Gasteiger partial charge in [-0.05, 0) is 18.2 Å². The van der Waals surface area contributed by atoms with E-state index in [1.807, 2.05) is 0 Å². The van der Waals surface area contributed by atoms with Gasteiger partial charge in [-0.2, -0.15) is 0 Å². The Labute approximate surface area is 74.8 Å². The minimum atomic E-state index is -2.92. The van der Waals surface area contributed by atoms with E-state index in [4.69, 9.17) is 9.84 Å². The number of hydrogen-bond donors (Lipinski definition) is 1. The van der Waals surface area contributed by atoms with Crippen LogP contribution in [-0.4, -0.2) is 12.2 Å². The quantitative estimate of drug-likeness (QED) is 0.772. The molecule has 1 aromatic carbocycles. The van der Waals surface area contributed by atoms with Gasteiger partial charge < -0.3 is 9.84 Å². The molecule has 0 spiro atoms. The molecule has 0 aliphatic carbocycles. The number of benzene rings is 1. The maximum Gasteiger partial charge on any atom is 0.270 e. The maximum atomic E-state index is 12.8. The molecule has 4 heteroatoms. The fourth-order valence-corrected chi connectivity index (χ4v) is 0.951. The fourth-order valence-electron chi connectivity index (χ4n) is 0.951. The lowest BCUT2D eigenvalue weighted by molar-refractivity contribution is 0.0172. The Morgan fingerprint density at radius 2 is 2.00 bits per heavy atom. The fraction of sp³-hybridized carbons (Fsp3) is 0.333. The highest BCUT2D eigenvalue weighted by Crippen LogP contribution is 2.33. The molecule has 0 heterocycles. The van der Waals surface area contributed by atoms with Gasteiger partial charge in [-0.25, -0.2) is 8.78 Å². The Balaban J connectivity index is 3.14. The van der Waals surface area contributed by atoms with Crippen molar-refractivity contribution < 1.29 is 18.6 Å². The van der Waals surface area contributed by atoms with E-state index in [9.17, 15) is 8.78 Å². The minimum Gasteiger partial charge on any atom is -0.504 e. The molecule has 0 unspecified atom stereocenters. The first-order valence-corrected chi connectivity index (χ1v) is 3.70. The molecule has 0 aliphatic heterocycles. The van der Waals surface area contributed by atoms with Gasteiger partial charge in [0.15, 0.2) is 11.5 Å². The highest BCUT2D eigenvalue weighted by atomic mass is 19.3. The first kappa shape index (κ1) is 9.77. The van der Waals surface area contributed by atoms with E-state index in [1.165, 1.54) is 13.2 Å². The molecule has 0 aliphatic rings. The Morgan fingerprint density at radius 1 is 1.38 bits per heavy atom. The van der Waals surface area contributed by atoms with Gasteiger partial charge >= 0.3 is 0 Å². The smallest absolute Gasteiger partial charge is 0.270 e. The van der Waals surface area contributed by atoms with Gasteiger partial charge in [0, 0.05) is 12.5 Å². The molecule has 1 rings (SSSR count). The third-order valence-corrected chi connectivity index (χ3v) is 1.69. The molecule has 0 bridgehead atoms. The highest BCUT2D eigenvalue weighted by Gasteiger charge is 2.25. The molecule has 0 fully saturated rings. The molecule has 72 valence electrons. The van der Waals surface area contributed by atoms with Crippen LogP contribution >= 0.6 is 0 Å². The molecule has 0 saturated heterocycles. The van der Waals surface area contributed by atoms with Crippen LogP contribution in [0.3, 0.4) is 0 Å². The minimum absolute atomic E-state index is 0.0547. The molecule has 13 heavy (non-hydrogen) atoms. The SMILES string of the molecule is COc1cc(C(C)(F)F)ccc1O. The first-order valence-electron chi connectivity index (χ1n) is 3.70. The number of ether oxygens (including phenoxy) is 1. The molecule has 0 atom stereocenters. The summed E-state index contributed by atoms with van der Waals surface area (Å²) >= 11 is 0. The number of methoxy groups -OCH3 is 1. The molecule has 0 radical (unpaired) electrons. The van der Waals surface area contributed by atoms with E-state index in [0.29, 0.717) is 0 Å². The van der Waals surface area contributed by atoms with E-state index >= 15 is 0 Å². The number of phenolic OH excluding ortho intramolecular Hbond substituents is 1. The molecule has 1 N–H and O–H groups in total. The summed E-state index contributed by atoms with van der Waals surface area (Å²) in [6.45, 7) is 0.790. The topological polar surface area (TPSA) is 29.5 Å².